The molecule has 0 amide bonds. The Hall–Kier alpha value is -1.53. The van der Waals surface area contributed by atoms with Gasteiger partial charge in [0, 0.05) is 25.8 Å². The molecule has 0 aliphatic heterocycles. The van der Waals surface area contributed by atoms with Crippen LogP contribution in [0.5, 0.6) is 0 Å². The van der Waals surface area contributed by atoms with E-state index >= 15 is 0 Å². The van der Waals surface area contributed by atoms with Crippen molar-refractivity contribution in [3.05, 3.63) is 39.7 Å². The average Bonchev–Trinajstić information content (AvgIpc) is 3.09. The summed E-state index contributed by atoms with van der Waals surface area (Å²) >= 11 is 0. The lowest BCUT2D eigenvalue weighted by Gasteiger charge is -2.14. The predicted molar refractivity (Wildman–Crippen MR) is 68.1 cm³/mol. The number of nitrogens with one attached hydrogen (secondary N) is 1. The second-order valence-electron chi connectivity index (χ2n) is 5.15. The molecular formula is C13H17FN2O3. The van der Waals surface area contributed by atoms with Gasteiger partial charge in [-0.2, -0.15) is 0 Å². The third kappa shape index (κ3) is 3.71. The van der Waals surface area contributed by atoms with Gasteiger partial charge in [0.05, 0.1) is 11.0 Å². The van der Waals surface area contributed by atoms with Crippen molar-refractivity contribution in [3.63, 3.8) is 0 Å². The summed E-state index contributed by atoms with van der Waals surface area (Å²) in [6.45, 7) is 1.32. The van der Waals surface area contributed by atoms with Gasteiger partial charge in [0.25, 0.3) is 5.69 Å². The molecule has 1 fully saturated rings. The largest absolute Gasteiger partial charge is 0.396 e. The van der Waals surface area contributed by atoms with E-state index in [1.54, 1.807) is 0 Å². The number of nitrogens with zero attached hydrogens (tertiary/aromatic N) is 1. The zero-order chi connectivity index (χ0) is 13.9. The number of halogens is 1. The molecule has 0 saturated heterocycles. The third-order valence-corrected chi connectivity index (χ3v) is 3.58. The van der Waals surface area contributed by atoms with Crippen molar-refractivity contribution in [2.75, 3.05) is 13.2 Å². The Kier molecular flexibility index (Phi) is 4.11. The van der Waals surface area contributed by atoms with Crippen LogP contribution in [0.15, 0.2) is 18.2 Å². The fraction of sp³-hybridized carbons (Fsp3) is 0.538. The topological polar surface area (TPSA) is 75.4 Å². The summed E-state index contributed by atoms with van der Waals surface area (Å²) in [5.74, 6) is -0.595. The molecule has 2 N–H and O–H groups in total. The summed E-state index contributed by atoms with van der Waals surface area (Å²) in [5, 5.41) is 22.7. The molecule has 2 rings (SSSR count). The third-order valence-electron chi connectivity index (χ3n) is 3.58. The number of non-ortho nitro benzene ring substituents is 1. The van der Waals surface area contributed by atoms with Crippen LogP contribution in [0.2, 0.25) is 0 Å². The molecule has 0 aromatic heterocycles. The molecule has 1 saturated carbocycles. The number of nitro benzene ring substituents is 1. The summed E-state index contributed by atoms with van der Waals surface area (Å²) < 4.78 is 13.2. The first-order chi connectivity index (χ1) is 9.04. The molecule has 19 heavy (non-hydrogen) atoms. The van der Waals surface area contributed by atoms with Gasteiger partial charge in [-0.15, -0.1) is 0 Å². The summed E-state index contributed by atoms with van der Waals surface area (Å²) in [7, 11) is 0. The number of aliphatic hydroxyl groups excluding tert-OH is 1. The van der Waals surface area contributed by atoms with Gasteiger partial charge in [0.1, 0.15) is 5.82 Å². The Labute approximate surface area is 110 Å². The summed E-state index contributed by atoms with van der Waals surface area (Å²) in [6.07, 6.45) is 2.94. The molecule has 0 unspecified atom stereocenters. The predicted octanol–water partition coefficient (Wildman–Crippen LogP) is 1.99. The molecule has 5 nitrogen and oxygen atoms in total. The summed E-state index contributed by atoms with van der Waals surface area (Å²) in [5.41, 5.74) is 0.508. The van der Waals surface area contributed by atoms with Crippen LogP contribution < -0.4 is 5.32 Å². The molecule has 1 aromatic rings. The molecule has 0 radical (unpaired) electrons. The van der Waals surface area contributed by atoms with Crippen LogP contribution in [-0.2, 0) is 6.54 Å². The van der Waals surface area contributed by atoms with Gasteiger partial charge in [-0.25, -0.2) is 4.39 Å². The van der Waals surface area contributed by atoms with E-state index in [2.05, 4.69) is 5.32 Å². The van der Waals surface area contributed by atoms with Crippen LogP contribution in [0.3, 0.4) is 0 Å². The molecule has 1 aromatic carbocycles. The van der Waals surface area contributed by atoms with Gasteiger partial charge < -0.3 is 10.4 Å². The van der Waals surface area contributed by atoms with E-state index in [1.807, 2.05) is 0 Å². The van der Waals surface area contributed by atoms with Crippen molar-refractivity contribution in [2.24, 2.45) is 5.41 Å². The molecule has 1 aliphatic carbocycles. The minimum atomic E-state index is -0.597. The Balaban J connectivity index is 1.91. The van der Waals surface area contributed by atoms with Crippen molar-refractivity contribution < 1.29 is 14.4 Å². The zero-order valence-corrected chi connectivity index (χ0v) is 10.6. The Bertz CT molecular complexity index is 475. The lowest BCUT2D eigenvalue weighted by atomic mass is 10.0. The van der Waals surface area contributed by atoms with Crippen LogP contribution in [0.25, 0.3) is 0 Å². The standard InChI is InChI=1S/C13H17FN2O3/c14-11-5-10(6-12(7-11)16(18)19)8-15-9-13(1-2-13)3-4-17/h5-7,15,17H,1-4,8-9H2. The Morgan fingerprint density at radius 3 is 2.74 bits per heavy atom. The van der Waals surface area contributed by atoms with Crippen molar-refractivity contribution >= 4 is 5.69 Å². The van der Waals surface area contributed by atoms with Gasteiger partial charge in [-0.05, 0) is 36.3 Å². The van der Waals surface area contributed by atoms with Crippen molar-refractivity contribution in [3.8, 4) is 0 Å². The normalized spacial score (nSPS) is 16.3. The maximum Gasteiger partial charge on any atom is 0.272 e. The Morgan fingerprint density at radius 2 is 2.16 bits per heavy atom. The summed E-state index contributed by atoms with van der Waals surface area (Å²) in [6, 6.07) is 3.59. The highest BCUT2D eigenvalue weighted by molar-refractivity contribution is 5.35. The van der Waals surface area contributed by atoms with Crippen LogP contribution >= 0.6 is 0 Å². The second-order valence-corrected chi connectivity index (χ2v) is 5.15. The minimum absolute atomic E-state index is 0.174. The lowest BCUT2D eigenvalue weighted by molar-refractivity contribution is -0.385. The van der Waals surface area contributed by atoms with Gasteiger partial charge in [-0.1, -0.05) is 0 Å². The quantitative estimate of drug-likeness (QED) is 0.585. The zero-order valence-electron chi connectivity index (χ0n) is 10.6. The number of hydrogen-bond donors (Lipinski definition) is 2. The van der Waals surface area contributed by atoms with Gasteiger partial charge >= 0.3 is 0 Å². The van der Waals surface area contributed by atoms with E-state index in [1.165, 1.54) is 12.1 Å². The van der Waals surface area contributed by atoms with Crippen LogP contribution in [0.1, 0.15) is 24.8 Å². The smallest absolute Gasteiger partial charge is 0.272 e. The number of hydrogen-bond acceptors (Lipinski definition) is 4. The van der Waals surface area contributed by atoms with Gasteiger partial charge in [0.15, 0.2) is 0 Å². The van der Waals surface area contributed by atoms with E-state index in [0.29, 0.717) is 12.1 Å². The van der Waals surface area contributed by atoms with Crippen molar-refractivity contribution in [1.29, 1.82) is 0 Å². The molecule has 1 aliphatic rings. The highest BCUT2D eigenvalue weighted by atomic mass is 19.1. The van der Waals surface area contributed by atoms with E-state index in [9.17, 15) is 14.5 Å². The minimum Gasteiger partial charge on any atom is -0.396 e. The van der Waals surface area contributed by atoms with E-state index < -0.39 is 10.7 Å². The highest BCUT2D eigenvalue weighted by Crippen LogP contribution is 2.47. The number of aliphatic hydroxyl groups is 1. The molecule has 0 bridgehead atoms. The maximum atomic E-state index is 13.2. The molecule has 6 heteroatoms. The number of benzene rings is 1. The lowest BCUT2D eigenvalue weighted by Crippen LogP contribution is -2.24. The molecule has 0 heterocycles. The average molecular weight is 268 g/mol. The Morgan fingerprint density at radius 1 is 1.42 bits per heavy atom. The first kappa shape index (κ1) is 13.9. The van der Waals surface area contributed by atoms with Crippen molar-refractivity contribution in [1.82, 2.24) is 5.32 Å². The number of nitro groups is 1. The van der Waals surface area contributed by atoms with Crippen LogP contribution in [0, 0.1) is 21.3 Å². The molecule has 0 atom stereocenters. The van der Waals surface area contributed by atoms with E-state index in [4.69, 9.17) is 5.11 Å². The first-order valence-corrected chi connectivity index (χ1v) is 6.30. The van der Waals surface area contributed by atoms with E-state index in [0.717, 1.165) is 31.9 Å². The molecule has 104 valence electrons. The highest BCUT2D eigenvalue weighted by Gasteiger charge is 2.41. The summed E-state index contributed by atoms with van der Waals surface area (Å²) in [4.78, 5) is 10.0. The first-order valence-electron chi connectivity index (χ1n) is 6.30. The maximum absolute atomic E-state index is 13.2. The molecule has 0 spiro atoms. The molecular weight excluding hydrogens is 251 g/mol. The monoisotopic (exact) mass is 268 g/mol. The van der Waals surface area contributed by atoms with Crippen molar-refractivity contribution in [2.45, 2.75) is 25.8 Å². The fourth-order valence-corrected chi connectivity index (χ4v) is 2.24. The van der Waals surface area contributed by atoms with E-state index in [-0.39, 0.29) is 17.7 Å². The SMILES string of the molecule is O=[N+]([O-])c1cc(F)cc(CNCC2(CCO)CC2)c1. The van der Waals surface area contributed by atoms with Crippen LogP contribution in [-0.4, -0.2) is 23.2 Å². The van der Waals surface area contributed by atoms with Crippen LogP contribution in [0.4, 0.5) is 10.1 Å². The number of rotatable bonds is 7. The fourth-order valence-electron chi connectivity index (χ4n) is 2.24. The van der Waals surface area contributed by atoms with Gasteiger partial charge in [-0.3, -0.25) is 10.1 Å². The second kappa shape index (κ2) is 5.63. The van der Waals surface area contributed by atoms with Gasteiger partial charge in [0.2, 0.25) is 0 Å².